The Morgan fingerprint density at radius 3 is 2.46 bits per heavy atom. The second-order valence-electron chi connectivity index (χ2n) is 5.91. The first-order valence-electron chi connectivity index (χ1n) is 7.96. The second-order valence-corrected chi connectivity index (χ2v) is 5.91. The second kappa shape index (κ2) is 7.75. The van der Waals surface area contributed by atoms with Crippen LogP contribution in [-0.4, -0.2) is 16.9 Å². The van der Waals surface area contributed by atoms with E-state index in [1.807, 2.05) is 42.5 Å². The molecule has 3 nitrogen and oxygen atoms in total. The summed E-state index contributed by atoms with van der Waals surface area (Å²) in [4.78, 5) is 6.47. The van der Waals surface area contributed by atoms with Gasteiger partial charge in [0, 0.05) is 25.4 Å². The minimum Gasteiger partial charge on any atom is -0.439 e. The molecule has 0 fully saturated rings. The average Bonchev–Trinajstić information content (AvgIpc) is 2.58. The molecule has 3 aromatic rings. The molecule has 1 aromatic heterocycles. The lowest BCUT2D eigenvalue weighted by atomic mass is 10.1. The first-order valence-corrected chi connectivity index (χ1v) is 7.96. The van der Waals surface area contributed by atoms with Crippen LogP contribution in [0.15, 0.2) is 72.9 Å². The predicted octanol–water partition coefficient (Wildman–Crippen LogP) is 4.69. The summed E-state index contributed by atoms with van der Waals surface area (Å²) < 4.78 is 5.80. The normalized spacial score (nSPS) is 10.8. The van der Waals surface area contributed by atoms with Gasteiger partial charge in [0.15, 0.2) is 0 Å². The van der Waals surface area contributed by atoms with E-state index in [0.717, 1.165) is 24.4 Å². The van der Waals surface area contributed by atoms with Crippen LogP contribution in [0.1, 0.15) is 16.7 Å². The molecule has 0 saturated heterocycles. The van der Waals surface area contributed by atoms with Crippen molar-refractivity contribution in [3.63, 3.8) is 0 Å². The van der Waals surface area contributed by atoms with Crippen LogP contribution in [0.3, 0.4) is 0 Å². The Kier molecular flexibility index (Phi) is 5.24. The van der Waals surface area contributed by atoms with E-state index in [2.05, 4.69) is 48.1 Å². The van der Waals surface area contributed by atoms with E-state index in [9.17, 15) is 0 Å². The Bertz CT molecular complexity index is 769. The van der Waals surface area contributed by atoms with Gasteiger partial charge < -0.3 is 4.74 Å². The van der Waals surface area contributed by atoms with Gasteiger partial charge >= 0.3 is 0 Å². The standard InChI is InChI=1S/C21H21N2O/c1-17-9-11-18(12-10-17)15-23(2)16-19-6-5-7-20(14-19)24-21-8-3-4-13-22-21/h3-14H,1,15-16H2,2H3. The molecule has 0 aliphatic heterocycles. The first-order chi connectivity index (χ1) is 11.7. The fourth-order valence-electron chi connectivity index (χ4n) is 2.56. The van der Waals surface area contributed by atoms with Crippen molar-refractivity contribution in [2.45, 2.75) is 13.1 Å². The molecule has 0 atom stereocenters. The number of benzene rings is 2. The van der Waals surface area contributed by atoms with Gasteiger partial charge in [0.2, 0.25) is 5.88 Å². The maximum absolute atomic E-state index is 5.80. The minimum absolute atomic E-state index is 0.608. The number of aromatic nitrogens is 1. The molecule has 3 rings (SSSR count). The van der Waals surface area contributed by atoms with Crippen molar-refractivity contribution in [1.82, 2.24) is 9.88 Å². The minimum atomic E-state index is 0.608. The lowest BCUT2D eigenvalue weighted by Gasteiger charge is -2.17. The molecule has 0 bridgehead atoms. The van der Waals surface area contributed by atoms with Crippen LogP contribution < -0.4 is 4.74 Å². The Morgan fingerprint density at radius 1 is 0.917 bits per heavy atom. The summed E-state index contributed by atoms with van der Waals surface area (Å²) >= 11 is 0. The van der Waals surface area contributed by atoms with Crippen molar-refractivity contribution in [2.75, 3.05) is 7.05 Å². The molecule has 0 spiro atoms. The van der Waals surface area contributed by atoms with Crippen LogP contribution in [0.25, 0.3) is 0 Å². The summed E-state index contributed by atoms with van der Waals surface area (Å²) in [6.45, 7) is 5.67. The summed E-state index contributed by atoms with van der Waals surface area (Å²) in [5.41, 5.74) is 3.53. The first kappa shape index (κ1) is 16.2. The number of nitrogens with zero attached hydrogens (tertiary/aromatic N) is 2. The lowest BCUT2D eigenvalue weighted by Crippen LogP contribution is -2.17. The van der Waals surface area contributed by atoms with E-state index >= 15 is 0 Å². The van der Waals surface area contributed by atoms with Crippen LogP contribution in [0.5, 0.6) is 11.6 Å². The third-order valence-corrected chi connectivity index (χ3v) is 3.69. The molecule has 24 heavy (non-hydrogen) atoms. The molecule has 0 unspecified atom stereocenters. The van der Waals surface area contributed by atoms with E-state index in [1.165, 1.54) is 11.1 Å². The van der Waals surface area contributed by atoms with E-state index in [0.29, 0.717) is 5.88 Å². The summed E-state index contributed by atoms with van der Waals surface area (Å²) in [5.74, 6) is 1.41. The van der Waals surface area contributed by atoms with E-state index in [-0.39, 0.29) is 0 Å². The van der Waals surface area contributed by atoms with Crippen molar-refractivity contribution >= 4 is 0 Å². The van der Waals surface area contributed by atoms with Crippen LogP contribution in [0.2, 0.25) is 0 Å². The molecule has 3 heteroatoms. The Morgan fingerprint density at radius 2 is 1.71 bits per heavy atom. The number of pyridine rings is 1. The zero-order valence-electron chi connectivity index (χ0n) is 13.9. The zero-order chi connectivity index (χ0) is 16.8. The van der Waals surface area contributed by atoms with Crippen molar-refractivity contribution < 1.29 is 4.74 Å². The molecule has 1 radical (unpaired) electrons. The molecule has 0 aliphatic rings. The average molecular weight is 317 g/mol. The van der Waals surface area contributed by atoms with Crippen LogP contribution in [-0.2, 0) is 13.1 Å². The SMILES string of the molecule is [CH2]c1ccc(CN(C)Cc2cccc(Oc3ccccn3)c2)cc1. The molecule has 0 N–H and O–H groups in total. The van der Waals surface area contributed by atoms with Crippen molar-refractivity contribution in [2.24, 2.45) is 0 Å². The fraction of sp³-hybridized carbons (Fsp3) is 0.143. The Labute approximate surface area is 143 Å². The highest BCUT2D eigenvalue weighted by molar-refractivity contribution is 5.31. The Balaban J connectivity index is 1.62. The van der Waals surface area contributed by atoms with Crippen molar-refractivity contribution in [3.05, 3.63) is 96.5 Å². The van der Waals surface area contributed by atoms with E-state index in [1.54, 1.807) is 6.20 Å². The number of ether oxygens (including phenoxy) is 1. The summed E-state index contributed by atoms with van der Waals surface area (Å²) in [7, 11) is 2.12. The molecule has 0 saturated carbocycles. The van der Waals surface area contributed by atoms with Gasteiger partial charge in [0.1, 0.15) is 5.75 Å². The maximum Gasteiger partial charge on any atom is 0.219 e. The van der Waals surface area contributed by atoms with Gasteiger partial charge in [-0.2, -0.15) is 0 Å². The molecule has 0 aliphatic carbocycles. The number of rotatable bonds is 6. The highest BCUT2D eigenvalue weighted by Crippen LogP contribution is 2.21. The molecular formula is C21H21N2O. The highest BCUT2D eigenvalue weighted by Gasteiger charge is 2.04. The third kappa shape index (κ3) is 4.67. The van der Waals surface area contributed by atoms with Gasteiger partial charge in [0.25, 0.3) is 0 Å². The van der Waals surface area contributed by atoms with Gasteiger partial charge in [-0.15, -0.1) is 0 Å². The lowest BCUT2D eigenvalue weighted by molar-refractivity contribution is 0.318. The monoisotopic (exact) mass is 317 g/mol. The summed E-state index contributed by atoms with van der Waals surface area (Å²) in [5, 5.41) is 0. The predicted molar refractivity (Wildman–Crippen MR) is 96.8 cm³/mol. The summed E-state index contributed by atoms with van der Waals surface area (Å²) in [6, 6.07) is 22.1. The maximum atomic E-state index is 5.80. The molecule has 2 aromatic carbocycles. The highest BCUT2D eigenvalue weighted by atomic mass is 16.5. The van der Waals surface area contributed by atoms with Crippen LogP contribution in [0.4, 0.5) is 0 Å². The summed E-state index contributed by atoms with van der Waals surface area (Å²) in [6.07, 6.45) is 1.73. The smallest absolute Gasteiger partial charge is 0.219 e. The van der Waals surface area contributed by atoms with Gasteiger partial charge in [-0.25, -0.2) is 4.98 Å². The quantitative estimate of drug-likeness (QED) is 0.659. The number of hydrogen-bond donors (Lipinski definition) is 0. The van der Waals surface area contributed by atoms with E-state index < -0.39 is 0 Å². The Hall–Kier alpha value is -2.65. The molecule has 0 amide bonds. The van der Waals surface area contributed by atoms with Crippen LogP contribution in [0, 0.1) is 6.92 Å². The largest absolute Gasteiger partial charge is 0.439 e. The third-order valence-electron chi connectivity index (χ3n) is 3.69. The zero-order valence-corrected chi connectivity index (χ0v) is 13.9. The topological polar surface area (TPSA) is 25.4 Å². The van der Waals surface area contributed by atoms with Crippen LogP contribution >= 0.6 is 0 Å². The van der Waals surface area contributed by atoms with E-state index in [4.69, 9.17) is 4.74 Å². The molecule has 1 heterocycles. The number of hydrogen-bond acceptors (Lipinski definition) is 3. The van der Waals surface area contributed by atoms with Gasteiger partial charge in [-0.05, 0) is 48.9 Å². The van der Waals surface area contributed by atoms with Gasteiger partial charge in [-0.1, -0.05) is 42.5 Å². The van der Waals surface area contributed by atoms with Crippen molar-refractivity contribution in [3.8, 4) is 11.6 Å². The van der Waals surface area contributed by atoms with Gasteiger partial charge in [0.05, 0.1) is 0 Å². The molecular weight excluding hydrogens is 296 g/mol. The molecule has 121 valence electrons. The van der Waals surface area contributed by atoms with Gasteiger partial charge in [-0.3, -0.25) is 4.90 Å². The van der Waals surface area contributed by atoms with Crippen molar-refractivity contribution in [1.29, 1.82) is 0 Å². The fourth-order valence-corrected chi connectivity index (χ4v) is 2.56.